The molecule has 5 heavy (non-hydrogen) atoms. The zero-order valence-corrected chi connectivity index (χ0v) is 1.92. The Morgan fingerprint density at radius 1 is 1.00 bits per heavy atom. The van der Waals surface area contributed by atoms with Crippen LogP contribution in [0.15, 0.2) is 0 Å². The summed E-state index contributed by atoms with van der Waals surface area (Å²) in [6.07, 6.45) is 0. The maximum atomic E-state index is 7.17. The molecule has 3 N–H and O–H groups in total. The number of hydrogen-bond acceptors (Lipinski definition) is 3. The Hall–Kier alpha value is 1.75. The van der Waals surface area contributed by atoms with E-state index in [0.717, 1.165) is 0 Å². The SMILES string of the molecule is OB(O)O.[RbH]. The van der Waals surface area contributed by atoms with Crippen LogP contribution in [0.2, 0.25) is 0 Å². The third-order valence-corrected chi connectivity index (χ3v) is 0. The van der Waals surface area contributed by atoms with Crippen molar-refractivity contribution in [2.24, 2.45) is 0 Å². The maximum absolute atomic E-state index is 7.17. The standard InChI is InChI=1S/BH3O3.Rb.H/c2-1(3)4;;/h2-4H;;. The van der Waals surface area contributed by atoms with Crippen molar-refractivity contribution in [3.8, 4) is 0 Å². The second-order valence-electron chi connectivity index (χ2n) is 0.346. The fraction of sp³-hybridized carbons (Fsp3) is 0. The molecule has 0 aromatic heterocycles. The van der Waals surface area contributed by atoms with Gasteiger partial charge in [0, 0.05) is 0 Å². The molecule has 0 heterocycles. The summed E-state index contributed by atoms with van der Waals surface area (Å²) in [6, 6.07) is 0. The van der Waals surface area contributed by atoms with E-state index in [1.807, 2.05) is 0 Å². The van der Waals surface area contributed by atoms with Crippen molar-refractivity contribution in [3.05, 3.63) is 0 Å². The third-order valence-electron chi connectivity index (χ3n) is 0. The van der Waals surface area contributed by atoms with Gasteiger partial charge in [0.05, 0.1) is 0 Å². The van der Waals surface area contributed by atoms with E-state index in [1.54, 1.807) is 0 Å². The van der Waals surface area contributed by atoms with E-state index in [9.17, 15) is 0 Å². The molecule has 0 aromatic carbocycles. The minimum absolute atomic E-state index is 0. The van der Waals surface area contributed by atoms with E-state index in [0.29, 0.717) is 0 Å². The summed E-state index contributed by atoms with van der Waals surface area (Å²) in [5.74, 6) is 0. The molecule has 3 nitrogen and oxygen atoms in total. The van der Waals surface area contributed by atoms with Crippen LogP contribution in [0.5, 0.6) is 0 Å². The molecule has 0 bridgehead atoms. The predicted octanol–water partition coefficient (Wildman–Crippen LogP) is -2.70. The Morgan fingerprint density at radius 3 is 1.00 bits per heavy atom. The molecule has 0 saturated carbocycles. The minimum atomic E-state index is -2.17. The average molecular weight is 148 g/mol. The first kappa shape index (κ1) is 9.89. The van der Waals surface area contributed by atoms with Crippen molar-refractivity contribution in [3.63, 3.8) is 0 Å². The molecular formula is H4BO3Rb. The van der Waals surface area contributed by atoms with Crippen LogP contribution in [0.25, 0.3) is 0 Å². The van der Waals surface area contributed by atoms with Gasteiger partial charge >= 0.3 is 65.5 Å². The first-order valence-corrected chi connectivity index (χ1v) is 0.775. The molecular weight excluding hydrogens is 144 g/mol. The Balaban J connectivity index is 0. The van der Waals surface area contributed by atoms with Crippen LogP contribution >= 0.6 is 0 Å². The third kappa shape index (κ3) is 26.4. The summed E-state index contributed by atoms with van der Waals surface area (Å²) in [6.45, 7) is 0. The van der Waals surface area contributed by atoms with E-state index in [2.05, 4.69) is 0 Å². The fourth-order valence-corrected chi connectivity index (χ4v) is 0. The molecule has 0 aromatic rings. The average Bonchev–Trinajstić information content (AvgIpc) is 0.811. The van der Waals surface area contributed by atoms with Crippen molar-refractivity contribution < 1.29 is 15.1 Å². The summed E-state index contributed by atoms with van der Waals surface area (Å²) < 4.78 is 0. The summed E-state index contributed by atoms with van der Waals surface area (Å²) >= 11 is 0. The molecule has 0 spiro atoms. The van der Waals surface area contributed by atoms with Crippen molar-refractivity contribution in [2.45, 2.75) is 0 Å². The van der Waals surface area contributed by atoms with Crippen LogP contribution < -0.4 is 0 Å². The molecule has 0 aliphatic rings. The molecule has 0 amide bonds. The van der Waals surface area contributed by atoms with Gasteiger partial charge in [-0.3, -0.25) is 0 Å². The second kappa shape index (κ2) is 5.75. The molecule has 0 aliphatic carbocycles. The van der Waals surface area contributed by atoms with Crippen molar-refractivity contribution in [1.29, 1.82) is 0 Å². The van der Waals surface area contributed by atoms with Gasteiger partial charge in [-0.15, -0.1) is 0 Å². The monoisotopic (exact) mass is 148 g/mol. The van der Waals surface area contributed by atoms with E-state index in [-0.39, 0.29) is 58.2 Å². The molecule has 0 saturated heterocycles. The van der Waals surface area contributed by atoms with Crippen LogP contribution in [-0.4, -0.2) is 80.6 Å². The molecule has 0 rings (SSSR count). The van der Waals surface area contributed by atoms with Crippen molar-refractivity contribution >= 4 is 65.5 Å². The zero-order valence-electron chi connectivity index (χ0n) is 1.92. The second-order valence-corrected chi connectivity index (χ2v) is 0.346. The Labute approximate surface area is 79.0 Å². The molecule has 5 heteroatoms. The summed E-state index contributed by atoms with van der Waals surface area (Å²) in [5.41, 5.74) is 0. The van der Waals surface area contributed by atoms with Gasteiger partial charge < -0.3 is 15.1 Å². The van der Waals surface area contributed by atoms with Crippen LogP contribution in [0.1, 0.15) is 0 Å². The summed E-state index contributed by atoms with van der Waals surface area (Å²) in [7, 11) is -2.17. The first-order valence-electron chi connectivity index (χ1n) is 0.775. The summed E-state index contributed by atoms with van der Waals surface area (Å²) in [5, 5.41) is 21.5. The number of hydrogen-bond donors (Lipinski definition) is 3. The Kier molecular flexibility index (Phi) is 11.4. The molecule has 0 aliphatic heterocycles. The Bertz CT molecular complexity index is 11.6. The van der Waals surface area contributed by atoms with Gasteiger partial charge in [0.2, 0.25) is 0 Å². The molecule has 0 unspecified atom stereocenters. The molecule has 26 valence electrons. The van der Waals surface area contributed by atoms with Crippen molar-refractivity contribution in [1.82, 2.24) is 0 Å². The quantitative estimate of drug-likeness (QED) is 0.328. The molecule has 0 fully saturated rings. The number of rotatable bonds is 0. The molecule has 0 radical (unpaired) electrons. The van der Waals surface area contributed by atoms with Crippen LogP contribution in [-0.2, 0) is 0 Å². The zero-order chi connectivity index (χ0) is 3.58. The van der Waals surface area contributed by atoms with Gasteiger partial charge in [-0.1, -0.05) is 0 Å². The van der Waals surface area contributed by atoms with Gasteiger partial charge in [-0.25, -0.2) is 0 Å². The van der Waals surface area contributed by atoms with Crippen LogP contribution in [0.4, 0.5) is 0 Å². The van der Waals surface area contributed by atoms with Crippen molar-refractivity contribution in [2.75, 3.05) is 0 Å². The van der Waals surface area contributed by atoms with E-state index < -0.39 is 7.32 Å². The van der Waals surface area contributed by atoms with Gasteiger partial charge in [0.25, 0.3) is 0 Å². The summed E-state index contributed by atoms with van der Waals surface area (Å²) in [4.78, 5) is 0. The van der Waals surface area contributed by atoms with Crippen LogP contribution in [0, 0.1) is 0 Å². The van der Waals surface area contributed by atoms with E-state index >= 15 is 0 Å². The van der Waals surface area contributed by atoms with E-state index in [4.69, 9.17) is 15.1 Å². The normalized spacial score (nSPS) is 5.40. The van der Waals surface area contributed by atoms with Crippen LogP contribution in [0.3, 0.4) is 0 Å². The van der Waals surface area contributed by atoms with E-state index in [1.165, 1.54) is 0 Å². The first-order chi connectivity index (χ1) is 1.73. The van der Waals surface area contributed by atoms with Gasteiger partial charge in [-0.2, -0.15) is 0 Å². The van der Waals surface area contributed by atoms with Gasteiger partial charge in [0.15, 0.2) is 0 Å². The fourth-order valence-electron chi connectivity index (χ4n) is 0. The predicted molar refractivity (Wildman–Crippen MR) is 19.6 cm³/mol. The van der Waals surface area contributed by atoms with Gasteiger partial charge in [0.1, 0.15) is 0 Å². The Morgan fingerprint density at radius 2 is 1.00 bits per heavy atom. The molecule has 0 atom stereocenters. The topological polar surface area (TPSA) is 60.7 Å². The van der Waals surface area contributed by atoms with Gasteiger partial charge in [-0.05, 0) is 0 Å².